The lowest BCUT2D eigenvalue weighted by atomic mass is 9.99. The van der Waals surface area contributed by atoms with Gasteiger partial charge in [0.2, 0.25) is 5.89 Å². The molecular formula is C49H30N2O2. The second-order valence-electron chi connectivity index (χ2n) is 13.6. The summed E-state index contributed by atoms with van der Waals surface area (Å²) in [5.41, 5.74) is 9.77. The van der Waals surface area contributed by atoms with Crippen LogP contribution < -0.4 is 4.90 Å². The second kappa shape index (κ2) is 11.7. The maximum atomic E-state index is 6.67. The maximum absolute atomic E-state index is 6.67. The van der Waals surface area contributed by atoms with Gasteiger partial charge in [-0.25, -0.2) is 4.98 Å². The Balaban J connectivity index is 1.12. The number of oxazole rings is 1. The van der Waals surface area contributed by atoms with Gasteiger partial charge in [-0.1, -0.05) is 115 Å². The summed E-state index contributed by atoms with van der Waals surface area (Å²) in [6.45, 7) is 0. The molecule has 0 spiro atoms. The normalized spacial score (nSPS) is 11.8. The molecule has 53 heavy (non-hydrogen) atoms. The van der Waals surface area contributed by atoms with Gasteiger partial charge in [-0.05, 0) is 93.3 Å². The molecule has 2 heterocycles. The number of hydrogen-bond acceptors (Lipinski definition) is 4. The van der Waals surface area contributed by atoms with E-state index in [4.69, 9.17) is 13.8 Å². The predicted molar refractivity (Wildman–Crippen MR) is 219 cm³/mol. The van der Waals surface area contributed by atoms with Crippen LogP contribution in [0.5, 0.6) is 0 Å². The van der Waals surface area contributed by atoms with Crippen LogP contribution in [0.3, 0.4) is 0 Å². The molecule has 0 aliphatic carbocycles. The van der Waals surface area contributed by atoms with E-state index in [1.807, 2.05) is 30.3 Å². The monoisotopic (exact) mass is 678 g/mol. The zero-order valence-corrected chi connectivity index (χ0v) is 28.5. The minimum Gasteiger partial charge on any atom is -0.455 e. The molecule has 0 aliphatic heterocycles. The lowest BCUT2D eigenvalue weighted by molar-refractivity contribution is 0.623. The number of aromatic nitrogens is 1. The third-order valence-corrected chi connectivity index (χ3v) is 10.5. The summed E-state index contributed by atoms with van der Waals surface area (Å²) in [4.78, 5) is 7.22. The molecule has 248 valence electrons. The average Bonchev–Trinajstić information content (AvgIpc) is 3.84. The van der Waals surface area contributed by atoms with Crippen LogP contribution in [-0.4, -0.2) is 4.98 Å². The number of benzene rings is 9. The Labute approximate surface area is 304 Å². The molecule has 11 rings (SSSR count). The number of nitrogens with zero attached hydrogens (tertiary/aromatic N) is 2. The Hall–Kier alpha value is -7.17. The first-order valence-electron chi connectivity index (χ1n) is 17.9. The van der Waals surface area contributed by atoms with Crippen molar-refractivity contribution in [3.63, 3.8) is 0 Å². The van der Waals surface area contributed by atoms with Gasteiger partial charge in [0.15, 0.2) is 5.58 Å². The summed E-state index contributed by atoms with van der Waals surface area (Å²) in [7, 11) is 0. The minimum absolute atomic E-state index is 0.619. The highest BCUT2D eigenvalue weighted by Gasteiger charge is 2.19. The van der Waals surface area contributed by atoms with E-state index in [1.165, 1.54) is 16.5 Å². The molecule has 0 unspecified atom stereocenters. The fraction of sp³-hybridized carbons (Fsp3) is 0. The highest BCUT2D eigenvalue weighted by molar-refractivity contribution is 6.19. The van der Waals surface area contributed by atoms with Crippen molar-refractivity contribution in [1.82, 2.24) is 4.98 Å². The third kappa shape index (κ3) is 4.80. The molecule has 4 nitrogen and oxygen atoms in total. The molecule has 0 bridgehead atoms. The van der Waals surface area contributed by atoms with Crippen molar-refractivity contribution < 1.29 is 8.83 Å². The summed E-state index contributed by atoms with van der Waals surface area (Å²) in [5, 5.41) is 8.88. The molecule has 0 aliphatic rings. The molecule has 0 saturated heterocycles. The molecule has 0 radical (unpaired) electrons. The SMILES string of the molecule is c1ccc(-c2ccc(N(c3ccc4c(c3)oc3c5ccccc5ccc43)c3ccc4ccc5ccc6nc(-c7ccccc7)oc6c5c4c3)cc2)cc1. The van der Waals surface area contributed by atoms with Gasteiger partial charge in [0.05, 0.1) is 0 Å². The summed E-state index contributed by atoms with van der Waals surface area (Å²) in [6, 6.07) is 63.9. The highest BCUT2D eigenvalue weighted by atomic mass is 16.3. The van der Waals surface area contributed by atoms with Crippen LogP contribution in [0.4, 0.5) is 17.1 Å². The predicted octanol–water partition coefficient (Wildman–Crippen LogP) is 14.0. The van der Waals surface area contributed by atoms with Crippen LogP contribution >= 0.6 is 0 Å². The Bertz CT molecular complexity index is 3160. The van der Waals surface area contributed by atoms with Crippen molar-refractivity contribution in [1.29, 1.82) is 0 Å². The number of rotatable bonds is 5. The third-order valence-electron chi connectivity index (χ3n) is 10.5. The summed E-state index contributed by atoms with van der Waals surface area (Å²) < 4.78 is 13.2. The Kier molecular flexibility index (Phi) is 6.52. The molecule has 0 saturated carbocycles. The van der Waals surface area contributed by atoms with Crippen molar-refractivity contribution in [2.75, 3.05) is 4.90 Å². The first-order chi connectivity index (χ1) is 26.2. The zero-order chi connectivity index (χ0) is 34.9. The van der Waals surface area contributed by atoms with E-state index in [0.717, 1.165) is 82.6 Å². The topological polar surface area (TPSA) is 42.4 Å². The van der Waals surface area contributed by atoms with Gasteiger partial charge in [-0.15, -0.1) is 0 Å². The molecule has 0 amide bonds. The van der Waals surface area contributed by atoms with Gasteiger partial charge in [-0.3, -0.25) is 0 Å². The van der Waals surface area contributed by atoms with Gasteiger partial charge >= 0.3 is 0 Å². The summed E-state index contributed by atoms with van der Waals surface area (Å²) in [5.74, 6) is 0.619. The summed E-state index contributed by atoms with van der Waals surface area (Å²) >= 11 is 0. The van der Waals surface area contributed by atoms with Gasteiger partial charge in [0.1, 0.15) is 16.7 Å². The minimum atomic E-state index is 0.619. The van der Waals surface area contributed by atoms with Crippen LogP contribution in [0, 0.1) is 0 Å². The Morgan fingerprint density at radius 2 is 0.981 bits per heavy atom. The molecule has 2 aromatic heterocycles. The van der Waals surface area contributed by atoms with Gasteiger partial charge in [-0.2, -0.15) is 0 Å². The van der Waals surface area contributed by atoms with E-state index >= 15 is 0 Å². The van der Waals surface area contributed by atoms with E-state index in [2.05, 4.69) is 157 Å². The lowest BCUT2D eigenvalue weighted by Crippen LogP contribution is -2.09. The quantitative estimate of drug-likeness (QED) is 0.170. The maximum Gasteiger partial charge on any atom is 0.227 e. The first-order valence-corrected chi connectivity index (χ1v) is 17.9. The van der Waals surface area contributed by atoms with Crippen molar-refractivity contribution in [2.45, 2.75) is 0 Å². The molecule has 0 atom stereocenters. The molecule has 0 fully saturated rings. The molecule has 11 aromatic rings. The van der Waals surface area contributed by atoms with Crippen LogP contribution in [0.1, 0.15) is 0 Å². The number of anilines is 3. The standard InChI is InChI=1S/C49H30N2O2/c1-3-9-31(10-4-1)32-17-22-37(23-18-32)51(39-25-27-41-42-26-20-33-11-7-8-14-40(33)47(42)52-45(41)30-39)38-24-19-34-15-16-35-21-28-44-48(46(35)43(34)29-38)53-49(50-44)36-12-5-2-6-13-36/h1-30H. The first kappa shape index (κ1) is 29.5. The fourth-order valence-electron chi connectivity index (χ4n) is 7.87. The van der Waals surface area contributed by atoms with Crippen LogP contribution in [0.25, 0.3) is 87.9 Å². The number of fused-ring (bicyclic) bond motifs is 10. The van der Waals surface area contributed by atoms with Crippen LogP contribution in [0.2, 0.25) is 0 Å². The number of hydrogen-bond donors (Lipinski definition) is 0. The molecule has 0 N–H and O–H groups in total. The van der Waals surface area contributed by atoms with Crippen molar-refractivity contribution >= 4 is 82.4 Å². The van der Waals surface area contributed by atoms with E-state index in [-0.39, 0.29) is 0 Å². The van der Waals surface area contributed by atoms with E-state index in [1.54, 1.807) is 0 Å². The van der Waals surface area contributed by atoms with E-state index in [9.17, 15) is 0 Å². The van der Waals surface area contributed by atoms with Crippen molar-refractivity contribution in [2.24, 2.45) is 0 Å². The van der Waals surface area contributed by atoms with Crippen molar-refractivity contribution in [3.8, 4) is 22.6 Å². The largest absolute Gasteiger partial charge is 0.455 e. The molecule has 4 heteroatoms. The van der Waals surface area contributed by atoms with Crippen LogP contribution in [0.15, 0.2) is 191 Å². The smallest absolute Gasteiger partial charge is 0.227 e. The fourth-order valence-corrected chi connectivity index (χ4v) is 7.87. The van der Waals surface area contributed by atoms with E-state index < -0.39 is 0 Å². The Morgan fingerprint density at radius 1 is 0.377 bits per heavy atom. The van der Waals surface area contributed by atoms with Crippen LogP contribution in [-0.2, 0) is 0 Å². The van der Waals surface area contributed by atoms with Gasteiger partial charge in [0.25, 0.3) is 0 Å². The number of furan rings is 1. The zero-order valence-electron chi connectivity index (χ0n) is 28.5. The average molecular weight is 679 g/mol. The summed E-state index contributed by atoms with van der Waals surface area (Å²) in [6.07, 6.45) is 0. The molecule has 9 aromatic carbocycles. The highest BCUT2D eigenvalue weighted by Crippen LogP contribution is 2.43. The lowest BCUT2D eigenvalue weighted by Gasteiger charge is -2.26. The molecular weight excluding hydrogens is 649 g/mol. The van der Waals surface area contributed by atoms with E-state index in [0.29, 0.717) is 5.89 Å². The van der Waals surface area contributed by atoms with Gasteiger partial charge in [0, 0.05) is 50.2 Å². The second-order valence-corrected chi connectivity index (χ2v) is 13.6. The Morgan fingerprint density at radius 3 is 1.83 bits per heavy atom. The van der Waals surface area contributed by atoms with Crippen molar-refractivity contribution in [3.05, 3.63) is 182 Å². The van der Waals surface area contributed by atoms with Gasteiger partial charge < -0.3 is 13.7 Å².